The zero-order chi connectivity index (χ0) is 10.7. The van der Waals surface area contributed by atoms with Crippen LogP contribution in [0.15, 0.2) is 42.6 Å². The molecule has 0 saturated heterocycles. The Hall–Kier alpha value is -2.21. The lowest BCUT2D eigenvalue weighted by Crippen LogP contribution is -1.87. The molecule has 15 heavy (non-hydrogen) atoms. The number of halogens is 1. The van der Waals surface area contributed by atoms with E-state index in [4.69, 9.17) is 5.26 Å². The van der Waals surface area contributed by atoms with E-state index in [9.17, 15) is 4.39 Å². The molecule has 2 rings (SSSR count). The van der Waals surface area contributed by atoms with Gasteiger partial charge in [0.2, 0.25) is 0 Å². The predicted molar refractivity (Wildman–Crippen MR) is 54.3 cm³/mol. The molecule has 72 valence electrons. The van der Waals surface area contributed by atoms with Gasteiger partial charge in [0.1, 0.15) is 11.9 Å². The average Bonchev–Trinajstić information content (AvgIpc) is 2.30. The van der Waals surface area contributed by atoms with E-state index in [2.05, 4.69) is 4.98 Å². The molecule has 0 fully saturated rings. The summed E-state index contributed by atoms with van der Waals surface area (Å²) in [5.74, 6) is -0.513. The lowest BCUT2D eigenvalue weighted by Gasteiger charge is -2.00. The van der Waals surface area contributed by atoms with Crippen LogP contribution in [0.5, 0.6) is 0 Å². The van der Waals surface area contributed by atoms with Crippen LogP contribution in [-0.4, -0.2) is 4.98 Å². The molecule has 1 aromatic carbocycles. The van der Waals surface area contributed by atoms with Crippen molar-refractivity contribution in [1.82, 2.24) is 4.98 Å². The highest BCUT2D eigenvalue weighted by molar-refractivity contribution is 5.60. The largest absolute Gasteiger partial charge is 0.256 e. The third kappa shape index (κ3) is 1.84. The van der Waals surface area contributed by atoms with Gasteiger partial charge in [0.05, 0.1) is 11.3 Å². The van der Waals surface area contributed by atoms with Gasteiger partial charge >= 0.3 is 0 Å². The van der Waals surface area contributed by atoms with Gasteiger partial charge in [-0.25, -0.2) is 4.39 Å². The minimum absolute atomic E-state index is 0.0506. The predicted octanol–water partition coefficient (Wildman–Crippen LogP) is 2.76. The lowest BCUT2D eigenvalue weighted by molar-refractivity contribution is 0.624. The molecule has 1 aromatic heterocycles. The normalized spacial score (nSPS) is 9.60. The monoisotopic (exact) mass is 198 g/mol. The second kappa shape index (κ2) is 3.89. The van der Waals surface area contributed by atoms with E-state index in [1.165, 1.54) is 12.1 Å². The fourth-order valence-electron chi connectivity index (χ4n) is 1.30. The Kier molecular flexibility index (Phi) is 2.42. The molecule has 1 heterocycles. The van der Waals surface area contributed by atoms with Crippen molar-refractivity contribution in [2.75, 3.05) is 0 Å². The maximum Gasteiger partial charge on any atom is 0.141 e. The number of benzene rings is 1. The smallest absolute Gasteiger partial charge is 0.141 e. The highest BCUT2D eigenvalue weighted by Gasteiger charge is 2.04. The van der Waals surface area contributed by atoms with Crippen LogP contribution in [0, 0.1) is 17.1 Å². The average molecular weight is 198 g/mol. The summed E-state index contributed by atoms with van der Waals surface area (Å²) in [6.07, 6.45) is 1.64. The molecule has 0 N–H and O–H groups in total. The van der Waals surface area contributed by atoms with E-state index in [0.717, 1.165) is 0 Å². The first-order valence-electron chi connectivity index (χ1n) is 4.42. The molecule has 2 nitrogen and oxygen atoms in total. The van der Waals surface area contributed by atoms with Crippen LogP contribution < -0.4 is 0 Å². The maximum atomic E-state index is 13.3. The number of pyridine rings is 1. The van der Waals surface area contributed by atoms with Crippen molar-refractivity contribution in [1.29, 1.82) is 5.26 Å². The molecule has 0 radical (unpaired) electrons. The third-order valence-electron chi connectivity index (χ3n) is 2.05. The van der Waals surface area contributed by atoms with Crippen LogP contribution in [0.4, 0.5) is 4.39 Å². The van der Waals surface area contributed by atoms with E-state index >= 15 is 0 Å². The molecular weight excluding hydrogens is 191 g/mol. The van der Waals surface area contributed by atoms with Crippen molar-refractivity contribution >= 4 is 0 Å². The quantitative estimate of drug-likeness (QED) is 0.706. The van der Waals surface area contributed by atoms with Gasteiger partial charge in [-0.1, -0.05) is 12.1 Å². The molecule has 0 aliphatic rings. The third-order valence-corrected chi connectivity index (χ3v) is 2.05. The van der Waals surface area contributed by atoms with Crippen LogP contribution in [0.1, 0.15) is 5.56 Å². The van der Waals surface area contributed by atoms with Crippen molar-refractivity contribution in [3.8, 4) is 17.3 Å². The summed E-state index contributed by atoms with van der Waals surface area (Å²) in [5.41, 5.74) is 1.42. The van der Waals surface area contributed by atoms with E-state index in [-0.39, 0.29) is 5.56 Å². The summed E-state index contributed by atoms with van der Waals surface area (Å²) in [6, 6.07) is 11.7. The van der Waals surface area contributed by atoms with Crippen molar-refractivity contribution in [3.05, 3.63) is 54.0 Å². The van der Waals surface area contributed by atoms with Gasteiger partial charge in [0.25, 0.3) is 0 Å². The number of nitrogens with zero attached hydrogens (tertiary/aromatic N) is 2. The molecule has 0 amide bonds. The van der Waals surface area contributed by atoms with Crippen LogP contribution in [-0.2, 0) is 0 Å². The number of rotatable bonds is 1. The molecule has 0 bridgehead atoms. The van der Waals surface area contributed by atoms with Gasteiger partial charge in [0.15, 0.2) is 0 Å². The molecule has 0 aliphatic heterocycles. The van der Waals surface area contributed by atoms with E-state index in [0.29, 0.717) is 11.3 Å². The Morgan fingerprint density at radius 3 is 2.67 bits per heavy atom. The van der Waals surface area contributed by atoms with Gasteiger partial charge in [-0.15, -0.1) is 0 Å². The number of hydrogen-bond donors (Lipinski definition) is 0. The summed E-state index contributed by atoms with van der Waals surface area (Å²) in [5, 5.41) is 8.57. The Morgan fingerprint density at radius 1 is 1.20 bits per heavy atom. The van der Waals surface area contributed by atoms with Gasteiger partial charge in [-0.05, 0) is 24.3 Å². The number of hydrogen-bond acceptors (Lipinski definition) is 2. The molecule has 3 heteroatoms. The highest BCUT2D eigenvalue weighted by Crippen LogP contribution is 2.19. The van der Waals surface area contributed by atoms with Crippen LogP contribution in [0.2, 0.25) is 0 Å². The molecule has 0 saturated carbocycles. The summed E-state index contributed by atoms with van der Waals surface area (Å²) >= 11 is 0. The SMILES string of the molecule is N#Cc1ccc(-c2ccccn2)cc1F. The van der Waals surface area contributed by atoms with Crippen molar-refractivity contribution < 1.29 is 4.39 Å². The minimum Gasteiger partial charge on any atom is -0.256 e. The molecule has 0 spiro atoms. The standard InChI is InChI=1S/C12H7FN2/c13-11-7-9(4-5-10(11)8-14)12-3-1-2-6-15-12/h1-7H. The Balaban J connectivity index is 2.49. The van der Waals surface area contributed by atoms with Gasteiger partial charge in [0, 0.05) is 11.8 Å². The fraction of sp³-hybridized carbons (Fsp3) is 0. The fourth-order valence-corrected chi connectivity index (χ4v) is 1.30. The lowest BCUT2D eigenvalue weighted by atomic mass is 10.1. The zero-order valence-electron chi connectivity index (χ0n) is 7.81. The zero-order valence-corrected chi connectivity index (χ0v) is 7.81. The van der Waals surface area contributed by atoms with E-state index in [1.54, 1.807) is 30.5 Å². The Labute approximate surface area is 86.6 Å². The Bertz CT molecular complexity index is 515. The molecule has 0 atom stereocenters. The molecule has 0 unspecified atom stereocenters. The van der Waals surface area contributed by atoms with E-state index < -0.39 is 5.82 Å². The van der Waals surface area contributed by atoms with Crippen LogP contribution in [0.3, 0.4) is 0 Å². The summed E-state index contributed by atoms with van der Waals surface area (Å²) in [7, 11) is 0. The van der Waals surface area contributed by atoms with Gasteiger partial charge in [-0.2, -0.15) is 5.26 Å². The summed E-state index contributed by atoms with van der Waals surface area (Å²) in [6.45, 7) is 0. The van der Waals surface area contributed by atoms with Gasteiger partial charge in [-0.3, -0.25) is 4.98 Å². The topological polar surface area (TPSA) is 36.7 Å². The van der Waals surface area contributed by atoms with Crippen molar-refractivity contribution in [2.45, 2.75) is 0 Å². The second-order valence-corrected chi connectivity index (χ2v) is 3.02. The Morgan fingerprint density at radius 2 is 2.07 bits per heavy atom. The summed E-state index contributed by atoms with van der Waals surface area (Å²) in [4.78, 5) is 4.10. The van der Waals surface area contributed by atoms with Gasteiger partial charge < -0.3 is 0 Å². The van der Waals surface area contributed by atoms with Crippen LogP contribution in [0.25, 0.3) is 11.3 Å². The molecule has 0 aliphatic carbocycles. The van der Waals surface area contributed by atoms with Crippen LogP contribution >= 0.6 is 0 Å². The summed E-state index contributed by atoms with van der Waals surface area (Å²) < 4.78 is 13.3. The van der Waals surface area contributed by atoms with Crippen molar-refractivity contribution in [3.63, 3.8) is 0 Å². The number of nitriles is 1. The first kappa shape index (κ1) is 9.35. The first-order chi connectivity index (χ1) is 7.31. The molecular formula is C12H7FN2. The maximum absolute atomic E-state index is 13.3. The first-order valence-corrected chi connectivity index (χ1v) is 4.42. The minimum atomic E-state index is -0.513. The van der Waals surface area contributed by atoms with Crippen molar-refractivity contribution in [2.24, 2.45) is 0 Å². The van der Waals surface area contributed by atoms with E-state index in [1.807, 2.05) is 6.07 Å². The molecule has 2 aromatic rings. The second-order valence-electron chi connectivity index (χ2n) is 3.02. The number of aromatic nitrogens is 1. The highest BCUT2D eigenvalue weighted by atomic mass is 19.1.